The van der Waals surface area contributed by atoms with Crippen LogP contribution in [0.2, 0.25) is 0 Å². The summed E-state index contributed by atoms with van der Waals surface area (Å²) in [6, 6.07) is 3.14. The molecule has 0 aliphatic rings. The monoisotopic (exact) mass is 263 g/mol. The number of hydrogen-bond acceptors (Lipinski definition) is 6. The predicted molar refractivity (Wildman–Crippen MR) is 68.3 cm³/mol. The zero-order valence-electron chi connectivity index (χ0n) is 10.4. The van der Waals surface area contributed by atoms with Crippen LogP contribution in [0.15, 0.2) is 18.3 Å². The summed E-state index contributed by atoms with van der Waals surface area (Å²) in [5, 5.41) is 12.2. The fourth-order valence-corrected chi connectivity index (χ4v) is 1.50. The Morgan fingerprint density at radius 3 is 2.58 bits per heavy atom. The molecule has 0 saturated heterocycles. The van der Waals surface area contributed by atoms with Crippen molar-refractivity contribution in [2.45, 2.75) is 0 Å². The maximum absolute atomic E-state index is 11.8. The number of nitrogen functional groups attached to an aromatic ring is 1. The fraction of sp³-hybridized carbons (Fsp3) is 0.182. The third-order valence-electron chi connectivity index (χ3n) is 2.45. The molecule has 1 heterocycles. The van der Waals surface area contributed by atoms with E-state index in [9.17, 15) is 4.79 Å². The predicted octanol–water partition coefficient (Wildman–Crippen LogP) is 0.656. The average Bonchev–Trinajstić information content (AvgIpc) is 2.94. The molecule has 0 fully saturated rings. The molecule has 8 nitrogen and oxygen atoms in total. The van der Waals surface area contributed by atoms with E-state index in [2.05, 4.69) is 20.7 Å². The maximum Gasteiger partial charge on any atom is 0.277 e. The first-order valence-corrected chi connectivity index (χ1v) is 5.34. The molecule has 0 unspecified atom stereocenters. The molecule has 8 heteroatoms. The molecule has 0 saturated carbocycles. The zero-order chi connectivity index (χ0) is 13.8. The minimum atomic E-state index is -0.423. The second kappa shape index (κ2) is 5.25. The van der Waals surface area contributed by atoms with Crippen molar-refractivity contribution in [1.82, 2.24) is 15.4 Å². The van der Waals surface area contributed by atoms with Crippen molar-refractivity contribution in [3.05, 3.63) is 24.0 Å². The lowest BCUT2D eigenvalue weighted by atomic mass is 10.2. The number of methoxy groups -OCH3 is 2. The third kappa shape index (κ3) is 2.57. The number of nitrogens with zero attached hydrogens (tertiary/aromatic N) is 2. The van der Waals surface area contributed by atoms with Gasteiger partial charge in [-0.25, -0.2) is 0 Å². The number of nitrogens with one attached hydrogen (secondary N) is 2. The Morgan fingerprint density at radius 2 is 2.00 bits per heavy atom. The van der Waals surface area contributed by atoms with E-state index < -0.39 is 5.91 Å². The van der Waals surface area contributed by atoms with E-state index in [1.807, 2.05) is 0 Å². The first-order valence-electron chi connectivity index (χ1n) is 5.34. The molecule has 2 rings (SSSR count). The lowest BCUT2D eigenvalue weighted by Crippen LogP contribution is -2.14. The number of amides is 1. The number of anilines is 2. The summed E-state index contributed by atoms with van der Waals surface area (Å²) in [6.07, 6.45) is 1.31. The Bertz CT molecular complexity index is 582. The summed E-state index contributed by atoms with van der Waals surface area (Å²) in [5.41, 5.74) is 6.75. The summed E-state index contributed by atoms with van der Waals surface area (Å²) in [4.78, 5) is 11.8. The molecule has 2 aromatic rings. The topological polar surface area (TPSA) is 115 Å². The summed E-state index contributed by atoms with van der Waals surface area (Å²) in [7, 11) is 3.00. The van der Waals surface area contributed by atoms with Crippen molar-refractivity contribution >= 4 is 17.3 Å². The lowest BCUT2D eigenvalue weighted by Gasteiger charge is -2.12. The minimum Gasteiger partial charge on any atom is -0.493 e. The molecule has 0 atom stereocenters. The van der Waals surface area contributed by atoms with Crippen molar-refractivity contribution < 1.29 is 14.3 Å². The van der Waals surface area contributed by atoms with Gasteiger partial charge in [0.15, 0.2) is 17.2 Å². The molecule has 0 spiro atoms. The van der Waals surface area contributed by atoms with E-state index in [1.165, 1.54) is 20.4 Å². The molecule has 19 heavy (non-hydrogen) atoms. The van der Waals surface area contributed by atoms with Crippen LogP contribution >= 0.6 is 0 Å². The smallest absolute Gasteiger partial charge is 0.277 e. The Balaban J connectivity index is 2.28. The largest absolute Gasteiger partial charge is 0.493 e. The highest BCUT2D eigenvalue weighted by Gasteiger charge is 2.14. The second-order valence-corrected chi connectivity index (χ2v) is 3.60. The number of carbonyl (C=O) groups excluding carboxylic acids is 1. The van der Waals surface area contributed by atoms with E-state index >= 15 is 0 Å². The zero-order valence-corrected chi connectivity index (χ0v) is 10.4. The molecule has 1 amide bonds. The van der Waals surface area contributed by atoms with Crippen LogP contribution in [0, 0.1) is 0 Å². The highest BCUT2D eigenvalue weighted by molar-refractivity contribution is 6.04. The van der Waals surface area contributed by atoms with E-state index in [0.29, 0.717) is 22.9 Å². The van der Waals surface area contributed by atoms with Gasteiger partial charge in [-0.05, 0) is 0 Å². The van der Waals surface area contributed by atoms with E-state index in [4.69, 9.17) is 15.2 Å². The van der Waals surface area contributed by atoms with Crippen molar-refractivity contribution in [2.24, 2.45) is 0 Å². The summed E-state index contributed by atoms with van der Waals surface area (Å²) in [5.74, 6) is 0.527. The van der Waals surface area contributed by atoms with Crippen molar-refractivity contribution in [3.8, 4) is 11.5 Å². The molecular formula is C11H13N5O3. The van der Waals surface area contributed by atoms with Gasteiger partial charge in [0, 0.05) is 12.1 Å². The Morgan fingerprint density at radius 1 is 1.32 bits per heavy atom. The Hall–Kier alpha value is -2.77. The summed E-state index contributed by atoms with van der Waals surface area (Å²) >= 11 is 0. The molecule has 4 N–H and O–H groups in total. The number of benzene rings is 1. The quantitative estimate of drug-likeness (QED) is 0.698. The standard InChI is InChI=1S/C11H13N5O3/c1-18-9-3-6(12)7(4-10(9)19-2)14-11(17)8-5-13-16-15-8/h3-5H,12H2,1-2H3,(H,14,17)(H,13,15,16). The van der Waals surface area contributed by atoms with Crippen LogP contribution < -0.4 is 20.5 Å². The molecule has 0 aliphatic carbocycles. The van der Waals surface area contributed by atoms with Crippen molar-refractivity contribution in [3.63, 3.8) is 0 Å². The van der Waals surface area contributed by atoms with Crippen LogP contribution in [0.3, 0.4) is 0 Å². The van der Waals surface area contributed by atoms with E-state index in [0.717, 1.165) is 0 Å². The van der Waals surface area contributed by atoms with E-state index in [-0.39, 0.29) is 5.69 Å². The average molecular weight is 263 g/mol. The SMILES string of the molecule is COc1cc(N)c(NC(=O)c2cn[nH]n2)cc1OC. The Kier molecular flexibility index (Phi) is 3.51. The number of carbonyl (C=O) groups is 1. The van der Waals surface area contributed by atoms with Crippen molar-refractivity contribution in [1.29, 1.82) is 0 Å². The first-order chi connectivity index (χ1) is 9.15. The number of rotatable bonds is 4. The second-order valence-electron chi connectivity index (χ2n) is 3.60. The fourth-order valence-electron chi connectivity index (χ4n) is 1.50. The molecule has 1 aromatic heterocycles. The number of ether oxygens (including phenoxy) is 2. The van der Waals surface area contributed by atoms with Crippen LogP contribution in [0.25, 0.3) is 0 Å². The van der Waals surface area contributed by atoms with Crippen LogP contribution in [-0.2, 0) is 0 Å². The molecule has 0 aliphatic heterocycles. The van der Waals surface area contributed by atoms with Gasteiger partial charge >= 0.3 is 0 Å². The number of aromatic amines is 1. The summed E-state index contributed by atoms with van der Waals surface area (Å²) in [6.45, 7) is 0. The van der Waals surface area contributed by atoms with Gasteiger partial charge in [0.2, 0.25) is 0 Å². The van der Waals surface area contributed by atoms with Gasteiger partial charge in [0.25, 0.3) is 5.91 Å². The number of nitrogens with two attached hydrogens (primary N) is 1. The number of H-pyrrole nitrogens is 1. The van der Waals surface area contributed by atoms with Gasteiger partial charge in [0.05, 0.1) is 31.8 Å². The highest BCUT2D eigenvalue weighted by Crippen LogP contribution is 2.34. The highest BCUT2D eigenvalue weighted by atomic mass is 16.5. The number of hydrogen-bond donors (Lipinski definition) is 3. The van der Waals surface area contributed by atoms with Gasteiger partial charge < -0.3 is 20.5 Å². The molecule has 0 radical (unpaired) electrons. The van der Waals surface area contributed by atoms with E-state index in [1.54, 1.807) is 12.1 Å². The molecule has 1 aromatic carbocycles. The van der Waals surface area contributed by atoms with Gasteiger partial charge in [0.1, 0.15) is 0 Å². The summed E-state index contributed by atoms with van der Waals surface area (Å²) < 4.78 is 10.2. The normalized spacial score (nSPS) is 10.0. The van der Waals surface area contributed by atoms with Gasteiger partial charge in [-0.3, -0.25) is 4.79 Å². The van der Waals surface area contributed by atoms with Gasteiger partial charge in [-0.2, -0.15) is 15.4 Å². The van der Waals surface area contributed by atoms with Crippen molar-refractivity contribution in [2.75, 3.05) is 25.3 Å². The first kappa shape index (κ1) is 12.7. The van der Waals surface area contributed by atoms with Gasteiger partial charge in [-0.15, -0.1) is 0 Å². The number of aromatic nitrogens is 3. The van der Waals surface area contributed by atoms with Crippen LogP contribution in [0.4, 0.5) is 11.4 Å². The van der Waals surface area contributed by atoms with Crippen LogP contribution in [0.1, 0.15) is 10.5 Å². The molecule has 100 valence electrons. The van der Waals surface area contributed by atoms with Gasteiger partial charge in [-0.1, -0.05) is 0 Å². The van der Waals surface area contributed by atoms with Crippen LogP contribution in [-0.4, -0.2) is 35.5 Å². The third-order valence-corrected chi connectivity index (χ3v) is 2.45. The lowest BCUT2D eigenvalue weighted by molar-refractivity contribution is 0.102. The molecular weight excluding hydrogens is 250 g/mol. The Labute approximate surface area is 108 Å². The maximum atomic E-state index is 11.8. The minimum absolute atomic E-state index is 0.161. The van der Waals surface area contributed by atoms with Crippen LogP contribution in [0.5, 0.6) is 11.5 Å². The molecule has 0 bridgehead atoms.